The van der Waals surface area contributed by atoms with E-state index >= 15 is 0 Å². The summed E-state index contributed by atoms with van der Waals surface area (Å²) in [6.07, 6.45) is 0. The van der Waals surface area contributed by atoms with Gasteiger partial charge in [0.2, 0.25) is 40.0 Å². The average molecular weight is 1900 g/mol. The molecule has 15 aromatic heterocycles. The van der Waals surface area contributed by atoms with Crippen LogP contribution >= 0.6 is 22.7 Å². The van der Waals surface area contributed by atoms with Gasteiger partial charge in [-0.3, -0.25) is 4.57 Å². The fourth-order valence-electron chi connectivity index (χ4n) is 23.0. The van der Waals surface area contributed by atoms with Crippen LogP contribution in [0.2, 0.25) is 0 Å². The lowest BCUT2D eigenvalue weighted by Crippen LogP contribution is -2.00. The van der Waals surface area contributed by atoms with Crippen molar-refractivity contribution in [1.29, 1.82) is 0 Å². The van der Waals surface area contributed by atoms with Crippen LogP contribution in [-0.2, 0) is 0 Å². The van der Waals surface area contributed by atoms with Crippen molar-refractivity contribution in [3.8, 4) is 56.4 Å². The first kappa shape index (κ1) is 80.8. The molecule has 0 aliphatic rings. The van der Waals surface area contributed by atoms with Gasteiger partial charge in [0, 0.05) is 117 Å². The molecule has 15 heteroatoms. The van der Waals surface area contributed by atoms with Gasteiger partial charge in [0.05, 0.1) is 82.5 Å². The predicted molar refractivity (Wildman–Crippen MR) is 599 cm³/mol. The SMILES string of the molecule is c1ccc(-c2cccc(-c3ccccc3)c2-n2c3oc4ccccc4c3c3c4ccccc4oc32)cc1.c1ccc(-n2c3ccccc3c3cc(-n4c5oc6ccccc6c5c5c6ccccc6oc54)ccc32)cc1.c1ccc(-n2c3ccccc3c3cc(-n4c5oc6ccccc6c5c5c6ccccc6sc54)ccc32)cc1.c1ccc2c(c1)oc1c2c2c3ccccc3oc2n1-c1ccc2sc3ccccc3c2c1. The summed E-state index contributed by atoms with van der Waals surface area (Å²) in [5, 5.41) is 25.5. The van der Waals surface area contributed by atoms with Gasteiger partial charge in [-0.1, -0.05) is 315 Å². The number of hydrogen-bond acceptors (Lipinski definition) is 9. The largest absolute Gasteiger partial charge is 0.439 e. The van der Waals surface area contributed by atoms with E-state index in [0.717, 1.165) is 205 Å². The molecule has 0 atom stereocenters. The van der Waals surface area contributed by atoms with Gasteiger partial charge in [-0.25, -0.2) is 13.7 Å². The summed E-state index contributed by atoms with van der Waals surface area (Å²) in [5.74, 6) is 0. The smallest absolute Gasteiger partial charge is 0.216 e. The minimum atomic E-state index is 0.793. The van der Waals surface area contributed by atoms with E-state index in [1.54, 1.807) is 0 Å². The number of thiophene rings is 2. The van der Waals surface area contributed by atoms with Crippen LogP contribution in [0.3, 0.4) is 0 Å². The molecule has 15 heterocycles. The van der Waals surface area contributed by atoms with Crippen molar-refractivity contribution in [2.75, 3.05) is 0 Å². The molecular formula is C130H76N6O7S2. The van der Waals surface area contributed by atoms with Crippen molar-refractivity contribution in [2.24, 2.45) is 0 Å². The van der Waals surface area contributed by atoms with Gasteiger partial charge in [-0.2, -0.15) is 0 Å². The molecule has 34 rings (SSSR count). The Balaban J connectivity index is 0.0000000882. The average Bonchev–Trinajstić information content (AvgIpc) is 1.55. The summed E-state index contributed by atoms with van der Waals surface area (Å²) in [4.78, 5) is 1.22. The van der Waals surface area contributed by atoms with Gasteiger partial charge < -0.3 is 40.1 Å². The number of para-hydroxylation sites is 12. The van der Waals surface area contributed by atoms with Crippen LogP contribution in [0, 0.1) is 0 Å². The van der Waals surface area contributed by atoms with Crippen LogP contribution < -0.4 is 0 Å². The second-order valence-electron chi connectivity index (χ2n) is 37.1. The van der Waals surface area contributed by atoms with Gasteiger partial charge in [-0.15, -0.1) is 22.7 Å². The number of furan rings is 7. The first-order valence-electron chi connectivity index (χ1n) is 48.7. The molecule has 145 heavy (non-hydrogen) atoms. The van der Waals surface area contributed by atoms with Crippen molar-refractivity contribution in [3.05, 3.63) is 461 Å². The molecule has 0 saturated carbocycles. The fraction of sp³-hybridized carbons (Fsp3) is 0. The lowest BCUT2D eigenvalue weighted by atomic mass is 9.96. The maximum Gasteiger partial charge on any atom is 0.216 e. The minimum absolute atomic E-state index is 0.793. The van der Waals surface area contributed by atoms with E-state index < -0.39 is 0 Å². The molecular weight excluding hydrogens is 1820 g/mol. The predicted octanol–water partition coefficient (Wildman–Crippen LogP) is 37.5. The van der Waals surface area contributed by atoms with E-state index in [1.807, 2.05) is 102 Å². The lowest BCUT2D eigenvalue weighted by Gasteiger charge is -2.17. The Morgan fingerprint density at radius 2 is 0.421 bits per heavy atom. The molecule has 13 nitrogen and oxygen atoms in total. The van der Waals surface area contributed by atoms with Crippen LogP contribution in [0.1, 0.15) is 0 Å². The van der Waals surface area contributed by atoms with Crippen molar-refractivity contribution in [1.82, 2.24) is 27.4 Å². The van der Waals surface area contributed by atoms with E-state index in [1.165, 1.54) is 89.6 Å². The van der Waals surface area contributed by atoms with E-state index in [4.69, 9.17) is 30.9 Å². The minimum Gasteiger partial charge on any atom is -0.439 e. The third-order valence-corrected chi connectivity index (χ3v) is 31.5. The number of hydrogen-bond donors (Lipinski definition) is 0. The molecule has 0 radical (unpaired) electrons. The Morgan fingerprint density at radius 1 is 0.152 bits per heavy atom. The highest BCUT2D eigenvalue weighted by atomic mass is 32.1. The topological polar surface area (TPSA) is 122 Å². The number of aromatic nitrogens is 6. The number of benzene rings is 19. The molecule has 0 fully saturated rings. The van der Waals surface area contributed by atoms with Gasteiger partial charge in [0.15, 0.2) is 0 Å². The van der Waals surface area contributed by atoms with E-state index in [9.17, 15) is 0 Å². The summed E-state index contributed by atoms with van der Waals surface area (Å²) < 4.78 is 63.0. The number of rotatable bonds is 8. The molecule has 0 N–H and O–H groups in total. The van der Waals surface area contributed by atoms with E-state index in [-0.39, 0.29) is 0 Å². The molecule has 19 aromatic carbocycles. The maximum absolute atomic E-state index is 6.61. The Kier molecular flexibility index (Phi) is 17.7. The zero-order valence-electron chi connectivity index (χ0n) is 77.2. The third-order valence-electron chi connectivity index (χ3n) is 29.1. The Morgan fingerprint density at radius 3 is 0.807 bits per heavy atom. The van der Waals surface area contributed by atoms with Crippen LogP contribution in [0.4, 0.5) is 0 Å². The quantitative estimate of drug-likeness (QED) is 0.148. The number of nitrogens with zero attached hydrogens (tertiary/aromatic N) is 6. The molecule has 34 aromatic rings. The van der Waals surface area contributed by atoms with Crippen LogP contribution in [-0.4, -0.2) is 27.4 Å². The number of fused-ring (bicyclic) bond motifs is 37. The molecule has 0 amide bonds. The molecule has 0 spiro atoms. The monoisotopic (exact) mass is 1900 g/mol. The highest BCUT2D eigenvalue weighted by molar-refractivity contribution is 7.26. The van der Waals surface area contributed by atoms with Crippen LogP contribution in [0.5, 0.6) is 0 Å². The van der Waals surface area contributed by atoms with Crippen molar-refractivity contribution in [3.63, 3.8) is 0 Å². The lowest BCUT2D eigenvalue weighted by molar-refractivity contribution is 0.614. The molecule has 0 aliphatic carbocycles. The summed E-state index contributed by atoms with van der Waals surface area (Å²) in [5.41, 5.74) is 27.7. The third kappa shape index (κ3) is 12.1. The summed E-state index contributed by atoms with van der Waals surface area (Å²) >= 11 is 3.66. The standard InChI is InChI=1S/C34H20N2O2.C34H20N2OS.C34H21NO2.C28H15NO2S/c2*1-2-10-21(11-3-1)35-27-15-7-4-12-23(27)26-20-22(18-19-28(26)35)36-33-31(24-13-5-8-16-29(24)37-33)32-25-14-6-9-17-30(25)38-34(32)36;1-3-12-22(13-4-1)24-18-11-19-25(23-14-5-2-6-15-23)32(24)35-33-30(26-16-7-9-20-28(26)36-33)31-27-17-8-10-21-29(27)37-34(31)35;1-4-10-21-18(8-1)25-26-19-9-2-5-11-22(19)31-28(26)29(27(25)30-21)16-13-14-24-20(15-16)17-7-3-6-12-23(17)32-24/h2*1-20H;1-21H;1-15H. The molecule has 0 bridgehead atoms. The van der Waals surface area contributed by atoms with Crippen LogP contribution in [0.15, 0.2) is 492 Å². The zero-order valence-corrected chi connectivity index (χ0v) is 78.9. The Hall–Kier alpha value is -19.1. The maximum atomic E-state index is 6.61. The summed E-state index contributed by atoms with van der Waals surface area (Å²) in [7, 11) is 0. The van der Waals surface area contributed by atoms with Crippen molar-refractivity contribution < 1.29 is 30.9 Å². The summed E-state index contributed by atoms with van der Waals surface area (Å²) in [6.45, 7) is 0. The first-order valence-corrected chi connectivity index (χ1v) is 50.3. The van der Waals surface area contributed by atoms with E-state index in [0.29, 0.717) is 0 Å². The fourth-order valence-corrected chi connectivity index (χ4v) is 25.3. The zero-order chi connectivity index (χ0) is 94.7. The molecule has 0 aliphatic heterocycles. The van der Waals surface area contributed by atoms with Gasteiger partial charge >= 0.3 is 0 Å². The Labute approximate surface area is 830 Å². The first-order chi connectivity index (χ1) is 72.0. The second-order valence-corrected chi connectivity index (χ2v) is 39.2. The van der Waals surface area contributed by atoms with Gasteiger partial charge in [-0.05, 0) is 157 Å². The Bertz CT molecular complexity index is 10600. The van der Waals surface area contributed by atoms with Gasteiger partial charge in [0.1, 0.15) is 43.9 Å². The van der Waals surface area contributed by atoms with Crippen molar-refractivity contribution in [2.45, 2.75) is 0 Å². The van der Waals surface area contributed by atoms with Crippen molar-refractivity contribution >= 4 is 261 Å². The van der Waals surface area contributed by atoms with E-state index in [2.05, 4.69) is 410 Å². The highest BCUT2D eigenvalue weighted by Crippen LogP contribution is 2.53. The van der Waals surface area contributed by atoms with Gasteiger partial charge in [0.25, 0.3) is 0 Å². The molecule has 680 valence electrons. The normalized spacial score (nSPS) is 12.1. The second kappa shape index (κ2) is 31.7. The van der Waals surface area contributed by atoms with Crippen LogP contribution in [0.25, 0.3) is 295 Å². The highest BCUT2D eigenvalue weighted by Gasteiger charge is 2.33. The summed E-state index contributed by atoms with van der Waals surface area (Å²) in [6, 6.07) is 161. The molecule has 0 unspecified atom stereocenters. The molecule has 0 saturated heterocycles.